The van der Waals surface area contributed by atoms with Crippen molar-refractivity contribution in [3.63, 3.8) is 0 Å². The Balaban J connectivity index is 0. The van der Waals surface area contributed by atoms with E-state index in [0.29, 0.717) is 4.48 Å². The maximum atomic E-state index is 8.84. The Morgan fingerprint density at radius 1 is 0.923 bits per heavy atom. The SMILES string of the molecule is CC[N+](CC)(CC)CC(O)(O)O.[OH-]. The largest absolute Gasteiger partial charge is 0.870 e. The summed E-state index contributed by atoms with van der Waals surface area (Å²) in [5.41, 5.74) is 0. The lowest BCUT2D eigenvalue weighted by Gasteiger charge is -2.37. The lowest BCUT2D eigenvalue weighted by atomic mass is 10.3. The zero-order valence-electron chi connectivity index (χ0n) is 8.56. The third-order valence-electron chi connectivity index (χ3n) is 2.56. The molecule has 4 N–H and O–H groups in total. The molecule has 5 heteroatoms. The molecule has 0 aliphatic heterocycles. The number of rotatable bonds is 5. The summed E-state index contributed by atoms with van der Waals surface area (Å²) in [5, 5.41) is 26.5. The molecule has 0 spiro atoms. The number of likely N-dealkylation sites (N-methyl/N-ethyl adjacent to an activating group) is 1. The number of hydrogen-bond donors (Lipinski definition) is 3. The van der Waals surface area contributed by atoms with Crippen LogP contribution in [-0.4, -0.2) is 57.4 Å². The maximum Gasteiger partial charge on any atom is 0.328 e. The van der Waals surface area contributed by atoms with Gasteiger partial charge in [-0.3, -0.25) is 0 Å². The van der Waals surface area contributed by atoms with Crippen molar-refractivity contribution in [3.05, 3.63) is 0 Å². The van der Waals surface area contributed by atoms with E-state index in [9.17, 15) is 0 Å². The van der Waals surface area contributed by atoms with Gasteiger partial charge in [-0.05, 0) is 20.8 Å². The van der Waals surface area contributed by atoms with Gasteiger partial charge in [0.05, 0.1) is 19.6 Å². The molecule has 0 aromatic carbocycles. The van der Waals surface area contributed by atoms with Crippen molar-refractivity contribution >= 4 is 0 Å². The molecule has 0 aliphatic carbocycles. The van der Waals surface area contributed by atoms with Crippen molar-refractivity contribution < 1.29 is 25.3 Å². The molecule has 0 aliphatic rings. The van der Waals surface area contributed by atoms with E-state index in [2.05, 4.69) is 0 Å². The van der Waals surface area contributed by atoms with Crippen LogP contribution >= 0.6 is 0 Å². The van der Waals surface area contributed by atoms with Gasteiger partial charge in [-0.25, -0.2) is 0 Å². The van der Waals surface area contributed by atoms with E-state index >= 15 is 0 Å². The molecule has 0 rings (SSSR count). The second kappa shape index (κ2) is 5.51. The van der Waals surface area contributed by atoms with E-state index in [0.717, 1.165) is 19.6 Å². The quantitative estimate of drug-likeness (QED) is 0.400. The highest BCUT2D eigenvalue weighted by molar-refractivity contribution is 4.46. The lowest BCUT2D eigenvalue weighted by Crippen LogP contribution is -2.56. The second-order valence-corrected chi connectivity index (χ2v) is 3.22. The Labute approximate surface area is 79.1 Å². The summed E-state index contributed by atoms with van der Waals surface area (Å²) in [6.07, 6.45) is 0. The van der Waals surface area contributed by atoms with Gasteiger partial charge in [-0.15, -0.1) is 0 Å². The van der Waals surface area contributed by atoms with Gasteiger partial charge in [-0.2, -0.15) is 0 Å². The third kappa shape index (κ3) is 5.17. The first-order chi connectivity index (χ1) is 5.39. The smallest absolute Gasteiger partial charge is 0.328 e. The molecule has 0 saturated heterocycles. The summed E-state index contributed by atoms with van der Waals surface area (Å²) in [7, 11) is 0. The summed E-state index contributed by atoms with van der Waals surface area (Å²) < 4.78 is 0.517. The first kappa shape index (κ1) is 15.3. The van der Waals surface area contributed by atoms with Crippen molar-refractivity contribution in [1.82, 2.24) is 0 Å². The third-order valence-corrected chi connectivity index (χ3v) is 2.56. The summed E-state index contributed by atoms with van der Waals surface area (Å²) in [6.45, 7) is 8.25. The first-order valence-corrected chi connectivity index (χ1v) is 4.41. The topological polar surface area (TPSA) is 90.7 Å². The molecular weight excluding hydrogens is 174 g/mol. The molecule has 0 aromatic heterocycles. The fourth-order valence-corrected chi connectivity index (χ4v) is 1.46. The van der Waals surface area contributed by atoms with Crippen molar-refractivity contribution in [2.45, 2.75) is 26.7 Å². The Morgan fingerprint density at radius 3 is 1.31 bits per heavy atom. The number of aliphatic hydroxyl groups is 3. The molecule has 0 bridgehead atoms. The predicted molar refractivity (Wildman–Crippen MR) is 48.1 cm³/mol. The zero-order valence-corrected chi connectivity index (χ0v) is 8.56. The number of nitrogens with zero attached hydrogens (tertiary/aromatic N) is 1. The highest BCUT2D eigenvalue weighted by Crippen LogP contribution is 2.10. The van der Waals surface area contributed by atoms with Crippen molar-refractivity contribution in [2.75, 3.05) is 26.2 Å². The lowest BCUT2D eigenvalue weighted by molar-refractivity contribution is -0.936. The molecule has 0 atom stereocenters. The number of hydrogen-bond acceptors (Lipinski definition) is 4. The van der Waals surface area contributed by atoms with Crippen LogP contribution in [0.2, 0.25) is 0 Å². The second-order valence-electron chi connectivity index (χ2n) is 3.22. The maximum absolute atomic E-state index is 8.84. The molecule has 0 heterocycles. The van der Waals surface area contributed by atoms with Crippen molar-refractivity contribution in [1.29, 1.82) is 0 Å². The Kier molecular flexibility index (Phi) is 6.48. The molecule has 0 amide bonds. The monoisotopic (exact) mass is 195 g/mol. The molecule has 82 valence electrons. The van der Waals surface area contributed by atoms with Crippen LogP contribution in [0.1, 0.15) is 20.8 Å². The predicted octanol–water partition coefficient (Wildman–Crippen LogP) is -0.683. The van der Waals surface area contributed by atoms with E-state index in [1.54, 1.807) is 0 Å². The van der Waals surface area contributed by atoms with E-state index in [1.807, 2.05) is 20.8 Å². The normalized spacial score (nSPS) is 12.5. The van der Waals surface area contributed by atoms with Crippen LogP contribution in [0.15, 0.2) is 0 Å². The molecular formula is C8H21NO4. The van der Waals surface area contributed by atoms with Gasteiger partial charge in [0.2, 0.25) is 0 Å². The molecule has 0 unspecified atom stereocenters. The van der Waals surface area contributed by atoms with Gasteiger partial charge < -0.3 is 25.3 Å². The van der Waals surface area contributed by atoms with Crippen LogP contribution in [-0.2, 0) is 0 Å². The van der Waals surface area contributed by atoms with E-state index in [4.69, 9.17) is 15.3 Å². The summed E-state index contributed by atoms with van der Waals surface area (Å²) in [5.74, 6) is -2.54. The van der Waals surface area contributed by atoms with Crippen LogP contribution < -0.4 is 0 Å². The van der Waals surface area contributed by atoms with Gasteiger partial charge in [0.25, 0.3) is 0 Å². The van der Waals surface area contributed by atoms with Crippen LogP contribution in [0.25, 0.3) is 0 Å². The minimum absolute atomic E-state index is 0. The molecule has 13 heavy (non-hydrogen) atoms. The summed E-state index contributed by atoms with van der Waals surface area (Å²) >= 11 is 0. The van der Waals surface area contributed by atoms with Crippen LogP contribution in [0, 0.1) is 0 Å². The molecule has 0 aromatic rings. The van der Waals surface area contributed by atoms with E-state index in [1.165, 1.54) is 0 Å². The van der Waals surface area contributed by atoms with Crippen molar-refractivity contribution in [3.8, 4) is 0 Å². The number of quaternary nitrogens is 1. The first-order valence-electron chi connectivity index (χ1n) is 4.41. The Bertz CT molecular complexity index is 120. The fourth-order valence-electron chi connectivity index (χ4n) is 1.46. The van der Waals surface area contributed by atoms with Crippen LogP contribution in [0.3, 0.4) is 0 Å². The molecule has 5 nitrogen and oxygen atoms in total. The standard InChI is InChI=1S/C8H20NO3.H2O/c1-4-9(5-2,6-3)7-8(10,11)12;/h10-12H,4-7H2,1-3H3;1H2/q+1;/p-1. The van der Waals surface area contributed by atoms with Gasteiger partial charge in [0, 0.05) is 0 Å². The van der Waals surface area contributed by atoms with Gasteiger partial charge in [0.15, 0.2) is 6.54 Å². The van der Waals surface area contributed by atoms with E-state index < -0.39 is 5.97 Å². The summed E-state index contributed by atoms with van der Waals surface area (Å²) in [6, 6.07) is 0. The summed E-state index contributed by atoms with van der Waals surface area (Å²) in [4.78, 5) is 0. The van der Waals surface area contributed by atoms with Gasteiger partial charge in [-0.1, -0.05) is 0 Å². The van der Waals surface area contributed by atoms with E-state index in [-0.39, 0.29) is 12.0 Å². The Hall–Kier alpha value is -0.200. The van der Waals surface area contributed by atoms with Gasteiger partial charge in [0.1, 0.15) is 0 Å². The molecule has 0 fully saturated rings. The minimum Gasteiger partial charge on any atom is -0.870 e. The highest BCUT2D eigenvalue weighted by Gasteiger charge is 2.33. The fraction of sp³-hybridized carbons (Fsp3) is 1.00. The minimum atomic E-state index is -2.54. The van der Waals surface area contributed by atoms with Crippen LogP contribution in [0.4, 0.5) is 0 Å². The highest BCUT2D eigenvalue weighted by atomic mass is 16.7. The molecule has 0 radical (unpaired) electrons. The zero-order chi connectivity index (χ0) is 9.83. The molecule has 0 saturated carbocycles. The van der Waals surface area contributed by atoms with Crippen LogP contribution in [0.5, 0.6) is 0 Å². The van der Waals surface area contributed by atoms with Gasteiger partial charge >= 0.3 is 5.97 Å². The van der Waals surface area contributed by atoms with Crippen molar-refractivity contribution in [2.24, 2.45) is 0 Å². The average Bonchev–Trinajstić information content (AvgIpc) is 1.99. The average molecular weight is 195 g/mol. The Morgan fingerprint density at radius 2 is 1.23 bits per heavy atom.